The maximum atomic E-state index is 13.6. The van der Waals surface area contributed by atoms with Gasteiger partial charge in [0.15, 0.2) is 6.10 Å². The fourth-order valence-electron chi connectivity index (χ4n) is 5.79. The molecule has 3 atom stereocenters. The van der Waals surface area contributed by atoms with Crippen LogP contribution in [0, 0.1) is 22.2 Å². The van der Waals surface area contributed by atoms with Crippen molar-refractivity contribution in [3.05, 3.63) is 35.4 Å². The first-order valence-electron chi connectivity index (χ1n) is 15.4. The fourth-order valence-corrected chi connectivity index (χ4v) is 7.16. The largest absolute Gasteiger partial charge is 0.475 e. The smallest absolute Gasteiger partial charge is 0.462 e. The summed E-state index contributed by atoms with van der Waals surface area (Å²) in [5.41, 5.74) is 2.03. The lowest BCUT2D eigenvalue weighted by Crippen LogP contribution is -2.33. The summed E-state index contributed by atoms with van der Waals surface area (Å²) in [7, 11) is -3.99. The van der Waals surface area contributed by atoms with Gasteiger partial charge in [-0.1, -0.05) is 93.0 Å². The molecule has 0 aliphatic heterocycles. The van der Waals surface area contributed by atoms with Crippen molar-refractivity contribution in [2.45, 2.75) is 120 Å². The Morgan fingerprint density at radius 1 is 0.929 bits per heavy atom. The van der Waals surface area contributed by atoms with Crippen LogP contribution in [0.3, 0.4) is 0 Å². The monoisotopic (exact) mass is 610 g/mol. The molecule has 1 aromatic carbocycles. The number of benzene rings is 1. The Bertz CT molecular complexity index is 1050. The summed E-state index contributed by atoms with van der Waals surface area (Å²) in [5, 5.41) is 0. The Morgan fingerprint density at radius 3 is 2.05 bits per heavy atom. The third-order valence-corrected chi connectivity index (χ3v) is 9.16. The summed E-state index contributed by atoms with van der Waals surface area (Å²) >= 11 is 0. The maximum absolute atomic E-state index is 13.6. The number of phosphoric acid groups is 1. The minimum Gasteiger partial charge on any atom is -0.462 e. The van der Waals surface area contributed by atoms with E-state index in [1.807, 2.05) is 45.0 Å². The normalized spacial score (nSPS) is 17.3. The molecule has 2 rings (SSSR count). The van der Waals surface area contributed by atoms with Crippen LogP contribution in [0.15, 0.2) is 24.3 Å². The number of carbonyl (C=O) groups is 2. The highest BCUT2D eigenvalue weighted by Crippen LogP contribution is 2.52. The molecule has 240 valence electrons. The zero-order valence-corrected chi connectivity index (χ0v) is 28.5. The van der Waals surface area contributed by atoms with Crippen LogP contribution < -0.4 is 0 Å². The summed E-state index contributed by atoms with van der Waals surface area (Å²) < 4.78 is 42.1. The zero-order valence-electron chi connectivity index (χ0n) is 27.6. The van der Waals surface area contributed by atoms with Gasteiger partial charge in [-0.3, -0.25) is 23.2 Å². The molecule has 0 saturated carbocycles. The van der Waals surface area contributed by atoms with Crippen LogP contribution >= 0.6 is 7.82 Å². The van der Waals surface area contributed by atoms with Gasteiger partial charge >= 0.3 is 19.8 Å². The summed E-state index contributed by atoms with van der Waals surface area (Å²) in [4.78, 5) is 25.9. The van der Waals surface area contributed by atoms with E-state index in [2.05, 4.69) is 41.5 Å². The van der Waals surface area contributed by atoms with Crippen LogP contribution in [0.5, 0.6) is 0 Å². The van der Waals surface area contributed by atoms with E-state index in [-0.39, 0.29) is 54.5 Å². The van der Waals surface area contributed by atoms with Crippen LogP contribution in [-0.4, -0.2) is 44.0 Å². The fraction of sp³-hybridized carbons (Fsp3) is 0.758. The van der Waals surface area contributed by atoms with Crippen molar-refractivity contribution in [3.63, 3.8) is 0 Å². The van der Waals surface area contributed by atoms with Crippen molar-refractivity contribution in [3.8, 4) is 0 Å². The average Bonchev–Trinajstić information content (AvgIpc) is 3.25. The van der Waals surface area contributed by atoms with E-state index in [0.29, 0.717) is 19.3 Å². The third kappa shape index (κ3) is 12.9. The summed E-state index contributed by atoms with van der Waals surface area (Å²) in [6, 6.07) is 7.98. The molecule has 1 aromatic rings. The maximum Gasteiger partial charge on any atom is 0.475 e. The van der Waals surface area contributed by atoms with Gasteiger partial charge in [0.25, 0.3) is 0 Å². The van der Waals surface area contributed by atoms with E-state index in [1.54, 1.807) is 6.92 Å². The first-order valence-corrected chi connectivity index (χ1v) is 16.8. The molecule has 42 heavy (non-hydrogen) atoms. The van der Waals surface area contributed by atoms with Crippen molar-refractivity contribution >= 4 is 19.8 Å². The lowest BCUT2D eigenvalue weighted by molar-refractivity contribution is -0.166. The van der Waals surface area contributed by atoms with Crippen molar-refractivity contribution in [2.24, 2.45) is 22.2 Å². The van der Waals surface area contributed by atoms with E-state index >= 15 is 0 Å². The Labute approximate surface area is 254 Å². The molecule has 1 aliphatic carbocycles. The molecule has 0 aromatic heterocycles. The van der Waals surface area contributed by atoms with E-state index < -0.39 is 25.9 Å². The molecule has 0 radical (unpaired) electrons. The highest BCUT2D eigenvalue weighted by molar-refractivity contribution is 7.48. The Hall–Kier alpha value is -1.73. The van der Waals surface area contributed by atoms with Crippen LogP contribution in [0.1, 0.15) is 106 Å². The van der Waals surface area contributed by atoms with Gasteiger partial charge in [-0.25, -0.2) is 4.57 Å². The molecular formula is C33H55O8P. The number of phosphoric ester groups is 1. The van der Waals surface area contributed by atoms with Crippen molar-refractivity contribution < 1.29 is 37.2 Å². The second-order valence-corrected chi connectivity index (χ2v) is 16.1. The quantitative estimate of drug-likeness (QED) is 0.129. The van der Waals surface area contributed by atoms with E-state index in [4.69, 9.17) is 23.0 Å². The van der Waals surface area contributed by atoms with E-state index in [0.717, 1.165) is 24.0 Å². The van der Waals surface area contributed by atoms with Crippen LogP contribution in [0.4, 0.5) is 0 Å². The number of hydrogen-bond donors (Lipinski definition) is 0. The molecule has 0 fully saturated rings. The predicted octanol–water partition coefficient (Wildman–Crippen LogP) is 8.10. The molecule has 9 heteroatoms. The van der Waals surface area contributed by atoms with Gasteiger partial charge in [0.2, 0.25) is 0 Å². The molecule has 0 spiro atoms. The number of ether oxygens (including phenoxy) is 2. The SMILES string of the molecule is CCOP(=O)(OCC(COC(=O)CC(C)(C)CC(C)(C)C)OC(=O)C(C)CC(C)(C)CC)OC1Cc2ccccc2C1. The highest BCUT2D eigenvalue weighted by Gasteiger charge is 2.36. The van der Waals surface area contributed by atoms with Gasteiger partial charge in [0.05, 0.1) is 31.7 Å². The molecule has 1 aliphatic rings. The molecule has 0 bridgehead atoms. The summed E-state index contributed by atoms with van der Waals surface area (Å²) in [6.45, 7) is 19.9. The topological polar surface area (TPSA) is 97.4 Å². The molecule has 0 N–H and O–H groups in total. The molecular weight excluding hydrogens is 555 g/mol. The van der Waals surface area contributed by atoms with Gasteiger partial charge in [0, 0.05) is 0 Å². The van der Waals surface area contributed by atoms with Gasteiger partial charge < -0.3 is 9.47 Å². The lowest BCUT2D eigenvalue weighted by Gasteiger charge is -2.31. The predicted molar refractivity (Wildman–Crippen MR) is 165 cm³/mol. The number of carbonyl (C=O) groups excluding carboxylic acids is 2. The average molecular weight is 611 g/mol. The molecule has 3 unspecified atom stereocenters. The summed E-state index contributed by atoms with van der Waals surface area (Å²) in [5.74, 6) is -1.19. The molecule has 0 heterocycles. The standard InChI is InChI=1S/C33H55O8P/c1-11-32(7,8)19-24(3)30(35)40-28(21-37-29(34)20-33(9,10)23-31(4,5)6)22-39-42(36,38-12-2)41-27-17-25-15-13-14-16-26(25)18-27/h13-16,24,27-28H,11-12,17-23H2,1-10H3. The second-order valence-electron chi connectivity index (χ2n) is 14.5. The minimum atomic E-state index is -3.99. The van der Waals surface area contributed by atoms with Gasteiger partial charge in [-0.2, -0.15) is 0 Å². The van der Waals surface area contributed by atoms with Gasteiger partial charge in [-0.05, 0) is 60.0 Å². The number of fused-ring (bicyclic) bond motifs is 1. The molecule has 0 amide bonds. The number of esters is 2. The lowest BCUT2D eigenvalue weighted by atomic mass is 9.74. The van der Waals surface area contributed by atoms with E-state index in [9.17, 15) is 14.2 Å². The highest BCUT2D eigenvalue weighted by atomic mass is 31.2. The van der Waals surface area contributed by atoms with Gasteiger partial charge in [-0.15, -0.1) is 0 Å². The van der Waals surface area contributed by atoms with Crippen LogP contribution in [0.2, 0.25) is 0 Å². The Kier molecular flexibility index (Phi) is 13.3. The minimum absolute atomic E-state index is 0.0348. The summed E-state index contributed by atoms with van der Waals surface area (Å²) in [6.07, 6.45) is 2.47. The van der Waals surface area contributed by atoms with Crippen molar-refractivity contribution in [1.82, 2.24) is 0 Å². The first-order chi connectivity index (χ1) is 19.4. The molecule has 8 nitrogen and oxygen atoms in total. The second kappa shape index (κ2) is 15.3. The third-order valence-electron chi connectivity index (χ3n) is 7.56. The Balaban J connectivity index is 2.10. The van der Waals surface area contributed by atoms with Gasteiger partial charge in [0.1, 0.15) is 6.61 Å². The van der Waals surface area contributed by atoms with Crippen LogP contribution in [-0.2, 0) is 50.0 Å². The zero-order chi connectivity index (χ0) is 31.8. The van der Waals surface area contributed by atoms with Crippen molar-refractivity contribution in [1.29, 1.82) is 0 Å². The number of rotatable bonds is 17. The van der Waals surface area contributed by atoms with E-state index in [1.165, 1.54) is 0 Å². The molecule has 0 saturated heterocycles. The first kappa shape index (κ1) is 36.5. The Morgan fingerprint density at radius 2 is 1.52 bits per heavy atom. The number of hydrogen-bond acceptors (Lipinski definition) is 8. The van der Waals surface area contributed by atoms with Crippen LogP contribution in [0.25, 0.3) is 0 Å². The van der Waals surface area contributed by atoms with Crippen molar-refractivity contribution in [2.75, 3.05) is 19.8 Å².